The molecule has 0 radical (unpaired) electrons. The molecule has 4 aromatic heterocycles. The maximum atomic E-state index is 6.81. The highest BCUT2D eigenvalue weighted by Gasteiger charge is 2.36. The number of furan rings is 1. The normalized spacial score (nSPS) is 15.7. The summed E-state index contributed by atoms with van der Waals surface area (Å²) in [5.41, 5.74) is 9.51. The lowest BCUT2D eigenvalue weighted by molar-refractivity contribution is 0.534. The van der Waals surface area contributed by atoms with Gasteiger partial charge in [0.15, 0.2) is 5.84 Å². The van der Waals surface area contributed by atoms with Gasteiger partial charge in [0.25, 0.3) is 0 Å². The van der Waals surface area contributed by atoms with Crippen LogP contribution in [0.25, 0.3) is 111 Å². The van der Waals surface area contributed by atoms with Crippen LogP contribution in [0.5, 0.6) is 0 Å². The van der Waals surface area contributed by atoms with Crippen molar-refractivity contribution in [3.8, 4) is 5.69 Å². The molecular formula is C62H39N3OS2. The van der Waals surface area contributed by atoms with E-state index in [1.165, 1.54) is 72.7 Å². The Morgan fingerprint density at radius 1 is 0.471 bits per heavy atom. The van der Waals surface area contributed by atoms with Gasteiger partial charge in [0.1, 0.15) is 11.2 Å². The van der Waals surface area contributed by atoms with Crippen LogP contribution in [-0.2, 0) is 0 Å². The number of hydrogen-bond donors (Lipinski definition) is 0. The smallest absolute Gasteiger partial charge is 0.155 e. The van der Waals surface area contributed by atoms with Crippen molar-refractivity contribution >= 4 is 140 Å². The summed E-state index contributed by atoms with van der Waals surface area (Å²) in [5.74, 6) is 0.687. The number of fused-ring (bicyclic) bond motifs is 15. The van der Waals surface area contributed by atoms with Crippen molar-refractivity contribution in [2.75, 3.05) is 0 Å². The number of hydrogen-bond acceptors (Lipinski definition) is 5. The molecule has 0 N–H and O–H groups in total. The first-order valence-electron chi connectivity index (χ1n) is 23.4. The van der Waals surface area contributed by atoms with Crippen LogP contribution in [0.4, 0.5) is 0 Å². The highest BCUT2D eigenvalue weighted by Crippen LogP contribution is 2.48. The first-order valence-corrected chi connectivity index (χ1v) is 25.1. The summed E-state index contributed by atoms with van der Waals surface area (Å²) in [7, 11) is 0. The molecule has 0 saturated carbocycles. The fraction of sp³-hybridized carbons (Fsp3) is 0.0645. The molecule has 0 amide bonds. The Labute approximate surface area is 398 Å². The number of rotatable bonds is 5. The standard InChI is InChI=1S/C62H39N3OS2/c1-2-40-60(38-23-26-44-42-17-8-11-21-53(42)67-55(44)33-38)63-62(39-24-27-45-43-18-9-12-22-54(43)68-56(45)34-39)64-61(40)59-49(29-30-52-58(59)46-19-7-10-20-51(46)66-52)65-48-28-25-35-13-5-6-16-41(35)57(48)47-31-36-14-3-4-15-37(36)32-50(47)65/h3-34,40,61H,2H2,1H3. The van der Waals surface area contributed by atoms with Gasteiger partial charge in [-0.2, -0.15) is 0 Å². The van der Waals surface area contributed by atoms with Crippen LogP contribution in [0.2, 0.25) is 0 Å². The van der Waals surface area contributed by atoms with Gasteiger partial charge in [0.2, 0.25) is 0 Å². The minimum Gasteiger partial charge on any atom is -0.456 e. The molecule has 0 bridgehead atoms. The van der Waals surface area contributed by atoms with E-state index < -0.39 is 0 Å². The van der Waals surface area contributed by atoms with Crippen LogP contribution in [0.15, 0.2) is 209 Å². The summed E-state index contributed by atoms with van der Waals surface area (Å²) >= 11 is 3.69. The first kappa shape index (κ1) is 38.2. The molecule has 4 nitrogen and oxygen atoms in total. The summed E-state index contributed by atoms with van der Waals surface area (Å²) in [6.07, 6.45) is 0.828. The van der Waals surface area contributed by atoms with E-state index in [4.69, 9.17) is 14.4 Å². The number of para-hydroxylation sites is 1. The van der Waals surface area contributed by atoms with Crippen LogP contribution >= 0.6 is 22.7 Å². The fourth-order valence-electron chi connectivity index (χ4n) is 11.5. The van der Waals surface area contributed by atoms with Gasteiger partial charge in [-0.3, -0.25) is 4.99 Å². The molecule has 6 heteroatoms. The van der Waals surface area contributed by atoms with Gasteiger partial charge < -0.3 is 8.98 Å². The van der Waals surface area contributed by atoms with Gasteiger partial charge in [0, 0.05) is 78.9 Å². The van der Waals surface area contributed by atoms with Crippen molar-refractivity contribution in [2.45, 2.75) is 19.4 Å². The second-order valence-electron chi connectivity index (χ2n) is 18.2. The lowest BCUT2D eigenvalue weighted by atomic mass is 9.81. The highest BCUT2D eigenvalue weighted by molar-refractivity contribution is 7.26. The molecule has 0 fully saturated rings. The summed E-state index contributed by atoms with van der Waals surface area (Å²) in [4.78, 5) is 11.7. The number of amidine groups is 1. The third-order valence-electron chi connectivity index (χ3n) is 14.6. The Hall–Kier alpha value is -7.90. The Balaban J connectivity index is 1.05. The zero-order valence-electron chi connectivity index (χ0n) is 36.9. The summed E-state index contributed by atoms with van der Waals surface area (Å²) in [6, 6.07) is 70.9. The second-order valence-corrected chi connectivity index (χ2v) is 20.4. The third-order valence-corrected chi connectivity index (χ3v) is 16.9. The van der Waals surface area contributed by atoms with E-state index in [1.54, 1.807) is 0 Å². The summed E-state index contributed by atoms with van der Waals surface area (Å²) < 4.78 is 14.4. The Bertz CT molecular complexity index is 4520. The molecule has 0 saturated heterocycles. The van der Waals surface area contributed by atoms with Crippen molar-refractivity contribution in [1.29, 1.82) is 0 Å². The van der Waals surface area contributed by atoms with Gasteiger partial charge in [-0.1, -0.05) is 140 Å². The Morgan fingerprint density at radius 3 is 1.84 bits per heavy atom. The second kappa shape index (κ2) is 14.5. The van der Waals surface area contributed by atoms with Crippen LogP contribution < -0.4 is 0 Å². The van der Waals surface area contributed by atoms with E-state index in [2.05, 4.69) is 206 Å². The molecule has 2 unspecified atom stereocenters. The molecule has 1 aliphatic rings. The van der Waals surface area contributed by atoms with E-state index in [1.807, 2.05) is 22.7 Å². The molecule has 320 valence electrons. The SMILES string of the molecule is CCC1C(c2ccc3c(c2)sc2ccccc23)=NC(c2ccc3c(c2)sc2ccccc23)=NC1c1c(-n2c3cc4ccccc4cc3c3c4ccccc4ccc32)ccc2oc3ccccc3c12. The first-order chi connectivity index (χ1) is 33.6. The predicted octanol–water partition coefficient (Wildman–Crippen LogP) is 17.7. The molecule has 5 heterocycles. The van der Waals surface area contributed by atoms with Gasteiger partial charge in [-0.25, -0.2) is 4.99 Å². The summed E-state index contributed by atoms with van der Waals surface area (Å²) in [6.45, 7) is 2.31. The van der Waals surface area contributed by atoms with Gasteiger partial charge in [0.05, 0.1) is 28.5 Å². The number of aliphatic imine (C=N–C) groups is 2. The fourth-order valence-corrected chi connectivity index (χ4v) is 13.8. The third kappa shape index (κ3) is 5.53. The monoisotopic (exact) mass is 905 g/mol. The summed E-state index contributed by atoms with van der Waals surface area (Å²) in [5, 5.41) is 14.7. The number of benzene rings is 10. The Kier molecular flexibility index (Phi) is 8.18. The number of nitrogens with zero attached hydrogens (tertiary/aromatic N) is 3. The Morgan fingerprint density at radius 2 is 1.09 bits per heavy atom. The van der Waals surface area contributed by atoms with Crippen LogP contribution in [-0.4, -0.2) is 16.1 Å². The molecule has 68 heavy (non-hydrogen) atoms. The molecule has 1 aliphatic heterocycles. The maximum absolute atomic E-state index is 6.81. The molecule has 15 rings (SSSR count). The van der Waals surface area contributed by atoms with Crippen molar-refractivity contribution in [3.05, 3.63) is 211 Å². The number of thiophene rings is 2. The van der Waals surface area contributed by atoms with Crippen molar-refractivity contribution in [2.24, 2.45) is 15.9 Å². The van der Waals surface area contributed by atoms with Crippen molar-refractivity contribution in [1.82, 2.24) is 4.57 Å². The topological polar surface area (TPSA) is 42.8 Å². The predicted molar refractivity (Wildman–Crippen MR) is 291 cm³/mol. The maximum Gasteiger partial charge on any atom is 0.155 e. The average Bonchev–Trinajstić information content (AvgIpc) is 4.15. The van der Waals surface area contributed by atoms with E-state index in [9.17, 15) is 0 Å². The van der Waals surface area contributed by atoms with Crippen LogP contribution in [0.3, 0.4) is 0 Å². The lowest BCUT2D eigenvalue weighted by Crippen LogP contribution is -2.29. The van der Waals surface area contributed by atoms with Crippen LogP contribution in [0, 0.1) is 5.92 Å². The van der Waals surface area contributed by atoms with Gasteiger partial charge in [-0.05, 0) is 94.2 Å². The quantitative estimate of drug-likeness (QED) is 0.170. The largest absolute Gasteiger partial charge is 0.456 e. The van der Waals surface area contributed by atoms with E-state index in [-0.39, 0.29) is 12.0 Å². The number of aromatic nitrogens is 1. The zero-order chi connectivity index (χ0) is 44.6. The average molecular weight is 906 g/mol. The molecule has 0 aliphatic carbocycles. The van der Waals surface area contributed by atoms with Gasteiger partial charge in [-0.15, -0.1) is 22.7 Å². The highest BCUT2D eigenvalue weighted by atomic mass is 32.1. The molecule has 0 spiro atoms. The van der Waals surface area contributed by atoms with E-state index >= 15 is 0 Å². The molecule has 2 atom stereocenters. The van der Waals surface area contributed by atoms with Crippen molar-refractivity contribution < 1.29 is 4.42 Å². The van der Waals surface area contributed by atoms with Gasteiger partial charge >= 0.3 is 0 Å². The molecule has 10 aromatic carbocycles. The molecule has 14 aromatic rings. The van der Waals surface area contributed by atoms with E-state index in [0.717, 1.165) is 73.3 Å². The minimum atomic E-state index is -0.327. The van der Waals surface area contributed by atoms with E-state index in [0.29, 0.717) is 0 Å². The molecular weight excluding hydrogens is 867 g/mol. The minimum absolute atomic E-state index is 0.0635. The zero-order valence-corrected chi connectivity index (χ0v) is 38.5. The van der Waals surface area contributed by atoms with Crippen molar-refractivity contribution in [3.63, 3.8) is 0 Å². The lowest BCUT2D eigenvalue weighted by Gasteiger charge is -2.32. The van der Waals surface area contributed by atoms with Crippen LogP contribution in [0.1, 0.15) is 36.1 Å².